The third kappa shape index (κ3) is 2.64. The van der Waals surface area contributed by atoms with E-state index in [4.69, 9.17) is 5.73 Å². The van der Waals surface area contributed by atoms with Crippen LogP contribution in [0.5, 0.6) is 0 Å². The Kier molecular flexibility index (Phi) is 3.64. The van der Waals surface area contributed by atoms with Crippen molar-refractivity contribution in [3.63, 3.8) is 0 Å². The normalized spacial score (nSPS) is 17.6. The SMILES string of the molecule is CN(CC1CCCc2ccccc21)c1ccc(N)cc1. The second-order valence-corrected chi connectivity index (χ2v) is 5.76. The van der Waals surface area contributed by atoms with Crippen molar-refractivity contribution in [2.45, 2.75) is 25.2 Å². The van der Waals surface area contributed by atoms with Crippen molar-refractivity contribution in [2.75, 3.05) is 24.2 Å². The first-order chi connectivity index (χ1) is 9.74. The van der Waals surface area contributed by atoms with Gasteiger partial charge in [-0.3, -0.25) is 0 Å². The zero-order valence-electron chi connectivity index (χ0n) is 12.0. The Balaban J connectivity index is 1.77. The maximum absolute atomic E-state index is 5.76. The van der Waals surface area contributed by atoms with E-state index in [9.17, 15) is 0 Å². The van der Waals surface area contributed by atoms with Gasteiger partial charge in [-0.2, -0.15) is 0 Å². The topological polar surface area (TPSA) is 29.3 Å². The summed E-state index contributed by atoms with van der Waals surface area (Å²) >= 11 is 0. The number of likely N-dealkylation sites (N-methyl/N-ethyl adjacent to an activating group) is 1. The minimum atomic E-state index is 0.641. The fraction of sp³-hybridized carbons (Fsp3) is 0.333. The van der Waals surface area contributed by atoms with E-state index in [0.717, 1.165) is 12.2 Å². The van der Waals surface area contributed by atoms with Crippen LogP contribution < -0.4 is 10.6 Å². The first-order valence-electron chi connectivity index (χ1n) is 7.38. The summed E-state index contributed by atoms with van der Waals surface area (Å²) in [6.07, 6.45) is 3.83. The highest BCUT2D eigenvalue weighted by atomic mass is 15.1. The maximum Gasteiger partial charge on any atom is 0.0365 e. The number of benzene rings is 2. The Hall–Kier alpha value is -1.96. The molecule has 2 heteroatoms. The minimum absolute atomic E-state index is 0.641. The van der Waals surface area contributed by atoms with Crippen molar-refractivity contribution < 1.29 is 0 Å². The van der Waals surface area contributed by atoms with Crippen LogP contribution in [-0.4, -0.2) is 13.6 Å². The molecule has 0 saturated carbocycles. The molecule has 0 heterocycles. The van der Waals surface area contributed by atoms with Crippen LogP contribution in [0.1, 0.15) is 29.9 Å². The molecule has 1 atom stereocenters. The molecule has 1 aliphatic rings. The number of hydrogen-bond donors (Lipinski definition) is 1. The first kappa shape index (κ1) is 13.0. The van der Waals surface area contributed by atoms with Crippen molar-refractivity contribution >= 4 is 11.4 Å². The fourth-order valence-electron chi connectivity index (χ4n) is 3.21. The number of nitrogen functional groups attached to an aromatic ring is 1. The van der Waals surface area contributed by atoms with Gasteiger partial charge in [0, 0.05) is 30.9 Å². The molecule has 2 aromatic carbocycles. The molecule has 20 heavy (non-hydrogen) atoms. The highest BCUT2D eigenvalue weighted by Gasteiger charge is 2.21. The van der Waals surface area contributed by atoms with Crippen LogP contribution in [-0.2, 0) is 6.42 Å². The second kappa shape index (κ2) is 5.58. The Morgan fingerprint density at radius 2 is 1.85 bits per heavy atom. The Morgan fingerprint density at radius 1 is 1.10 bits per heavy atom. The van der Waals surface area contributed by atoms with Crippen LogP contribution in [0.25, 0.3) is 0 Å². The van der Waals surface area contributed by atoms with Crippen LogP contribution in [0.4, 0.5) is 11.4 Å². The van der Waals surface area contributed by atoms with Gasteiger partial charge < -0.3 is 10.6 Å². The van der Waals surface area contributed by atoms with Crippen molar-refractivity contribution in [3.8, 4) is 0 Å². The molecule has 0 spiro atoms. The fourth-order valence-corrected chi connectivity index (χ4v) is 3.21. The number of nitrogens with two attached hydrogens (primary N) is 1. The molecule has 1 aliphatic carbocycles. The summed E-state index contributed by atoms with van der Waals surface area (Å²) in [6, 6.07) is 17.1. The van der Waals surface area contributed by atoms with Gasteiger partial charge in [-0.25, -0.2) is 0 Å². The standard InChI is InChI=1S/C18H22N2/c1-20(17-11-9-16(19)10-12-17)13-15-7-4-6-14-5-2-3-8-18(14)15/h2-3,5,8-12,15H,4,6-7,13,19H2,1H3. The highest BCUT2D eigenvalue weighted by Crippen LogP contribution is 2.32. The summed E-state index contributed by atoms with van der Waals surface area (Å²) in [5, 5.41) is 0. The predicted molar refractivity (Wildman–Crippen MR) is 86.2 cm³/mol. The van der Waals surface area contributed by atoms with Gasteiger partial charge >= 0.3 is 0 Å². The molecule has 104 valence electrons. The Morgan fingerprint density at radius 3 is 2.65 bits per heavy atom. The molecule has 1 unspecified atom stereocenters. The van der Waals surface area contributed by atoms with Crippen molar-refractivity contribution in [1.82, 2.24) is 0 Å². The highest BCUT2D eigenvalue weighted by molar-refractivity contribution is 5.53. The van der Waals surface area contributed by atoms with Gasteiger partial charge in [-0.05, 0) is 54.7 Å². The Labute approximate surface area is 121 Å². The number of aryl methyl sites for hydroxylation is 1. The van der Waals surface area contributed by atoms with Gasteiger partial charge in [0.25, 0.3) is 0 Å². The molecule has 2 N–H and O–H groups in total. The van der Waals surface area contributed by atoms with Gasteiger partial charge in [0.15, 0.2) is 0 Å². The molecular weight excluding hydrogens is 244 g/mol. The van der Waals surface area contributed by atoms with E-state index in [1.807, 2.05) is 12.1 Å². The molecule has 2 nitrogen and oxygen atoms in total. The number of nitrogens with zero attached hydrogens (tertiary/aromatic N) is 1. The summed E-state index contributed by atoms with van der Waals surface area (Å²) in [6.45, 7) is 1.07. The zero-order chi connectivity index (χ0) is 13.9. The minimum Gasteiger partial charge on any atom is -0.399 e. The van der Waals surface area contributed by atoms with E-state index in [0.29, 0.717) is 5.92 Å². The van der Waals surface area contributed by atoms with Crippen LogP contribution >= 0.6 is 0 Å². The smallest absolute Gasteiger partial charge is 0.0365 e. The molecule has 0 bridgehead atoms. The van der Waals surface area contributed by atoms with E-state index >= 15 is 0 Å². The molecule has 0 fully saturated rings. The lowest BCUT2D eigenvalue weighted by molar-refractivity contribution is 0.551. The number of rotatable bonds is 3. The molecule has 0 aromatic heterocycles. The van der Waals surface area contributed by atoms with Crippen molar-refractivity contribution in [2.24, 2.45) is 0 Å². The van der Waals surface area contributed by atoms with E-state index in [-0.39, 0.29) is 0 Å². The summed E-state index contributed by atoms with van der Waals surface area (Å²) in [5.74, 6) is 0.641. The van der Waals surface area contributed by atoms with Crippen LogP contribution in [0.2, 0.25) is 0 Å². The molecule has 3 rings (SSSR count). The van der Waals surface area contributed by atoms with Gasteiger partial charge in [-0.15, -0.1) is 0 Å². The molecular formula is C18H22N2. The predicted octanol–water partition coefficient (Wildman–Crippen LogP) is 3.83. The lowest BCUT2D eigenvalue weighted by Crippen LogP contribution is -2.26. The molecule has 0 aliphatic heterocycles. The van der Waals surface area contributed by atoms with Crippen molar-refractivity contribution in [3.05, 3.63) is 59.7 Å². The average molecular weight is 266 g/mol. The molecule has 0 amide bonds. The summed E-state index contributed by atoms with van der Waals surface area (Å²) < 4.78 is 0. The summed E-state index contributed by atoms with van der Waals surface area (Å²) in [4.78, 5) is 2.34. The molecule has 2 aromatic rings. The monoisotopic (exact) mass is 266 g/mol. The lowest BCUT2D eigenvalue weighted by atomic mass is 9.82. The van der Waals surface area contributed by atoms with Crippen LogP contribution in [0.3, 0.4) is 0 Å². The first-order valence-corrected chi connectivity index (χ1v) is 7.38. The quantitative estimate of drug-likeness (QED) is 0.856. The van der Waals surface area contributed by atoms with E-state index in [1.165, 1.54) is 30.5 Å². The number of hydrogen-bond acceptors (Lipinski definition) is 2. The van der Waals surface area contributed by atoms with Gasteiger partial charge in [0.05, 0.1) is 0 Å². The van der Waals surface area contributed by atoms with Gasteiger partial charge in [0.1, 0.15) is 0 Å². The third-order valence-electron chi connectivity index (χ3n) is 4.32. The second-order valence-electron chi connectivity index (χ2n) is 5.76. The summed E-state index contributed by atoms with van der Waals surface area (Å²) in [7, 11) is 2.17. The van der Waals surface area contributed by atoms with Gasteiger partial charge in [0.2, 0.25) is 0 Å². The lowest BCUT2D eigenvalue weighted by Gasteiger charge is -2.30. The van der Waals surface area contributed by atoms with E-state index < -0.39 is 0 Å². The molecule has 0 saturated heterocycles. The largest absolute Gasteiger partial charge is 0.399 e. The number of anilines is 2. The summed E-state index contributed by atoms with van der Waals surface area (Å²) in [5.41, 5.74) is 10.9. The van der Waals surface area contributed by atoms with E-state index in [1.54, 1.807) is 5.56 Å². The average Bonchev–Trinajstić information content (AvgIpc) is 2.48. The van der Waals surface area contributed by atoms with Crippen molar-refractivity contribution in [1.29, 1.82) is 0 Å². The third-order valence-corrected chi connectivity index (χ3v) is 4.32. The van der Waals surface area contributed by atoms with Gasteiger partial charge in [-0.1, -0.05) is 24.3 Å². The molecule has 0 radical (unpaired) electrons. The number of fused-ring (bicyclic) bond motifs is 1. The zero-order valence-corrected chi connectivity index (χ0v) is 12.0. The van der Waals surface area contributed by atoms with Crippen LogP contribution in [0, 0.1) is 0 Å². The maximum atomic E-state index is 5.76. The Bertz CT molecular complexity index is 574. The van der Waals surface area contributed by atoms with E-state index in [2.05, 4.69) is 48.3 Å². The van der Waals surface area contributed by atoms with Crippen LogP contribution in [0.15, 0.2) is 48.5 Å².